The van der Waals surface area contributed by atoms with Gasteiger partial charge in [0.15, 0.2) is 0 Å². The Labute approximate surface area is 82.0 Å². The summed E-state index contributed by atoms with van der Waals surface area (Å²) >= 11 is 0. The van der Waals surface area contributed by atoms with Gasteiger partial charge in [0.05, 0.1) is 19.2 Å². The van der Waals surface area contributed by atoms with E-state index in [1.54, 1.807) is 4.68 Å². The summed E-state index contributed by atoms with van der Waals surface area (Å²) in [6, 6.07) is -0.560. The zero-order valence-electron chi connectivity index (χ0n) is 8.50. The third-order valence-corrected chi connectivity index (χ3v) is 2.05. The predicted molar refractivity (Wildman–Crippen MR) is 50.9 cm³/mol. The second-order valence-corrected chi connectivity index (χ2v) is 2.91. The summed E-state index contributed by atoms with van der Waals surface area (Å²) in [5.74, 6) is 0.513. The van der Waals surface area contributed by atoms with Crippen molar-refractivity contribution >= 4 is 6.03 Å². The van der Waals surface area contributed by atoms with Gasteiger partial charge in [-0.05, 0) is 6.92 Å². The Hall–Kier alpha value is -1.72. The molecular formula is C8H14N4O2. The lowest BCUT2D eigenvalue weighted by atomic mass is 10.2. The average Bonchev–Trinajstić information content (AvgIpc) is 2.40. The number of urea groups is 1. The lowest BCUT2D eigenvalue weighted by molar-refractivity contribution is 0.248. The number of ether oxygens (including phenoxy) is 1. The van der Waals surface area contributed by atoms with E-state index in [4.69, 9.17) is 10.5 Å². The third-order valence-electron chi connectivity index (χ3n) is 2.05. The highest BCUT2D eigenvalue weighted by Gasteiger charge is 2.13. The molecule has 1 heterocycles. The highest BCUT2D eigenvalue weighted by molar-refractivity contribution is 5.71. The van der Waals surface area contributed by atoms with Gasteiger partial charge in [0, 0.05) is 12.7 Å². The van der Waals surface area contributed by atoms with Crippen molar-refractivity contribution in [2.75, 3.05) is 7.11 Å². The molecule has 6 nitrogen and oxygen atoms in total. The number of amides is 2. The van der Waals surface area contributed by atoms with Gasteiger partial charge in [-0.2, -0.15) is 0 Å². The molecule has 1 aromatic heterocycles. The molecule has 1 rings (SSSR count). The summed E-state index contributed by atoms with van der Waals surface area (Å²) in [4.78, 5) is 10.5. The fraction of sp³-hybridized carbons (Fsp3) is 0.500. The summed E-state index contributed by atoms with van der Waals surface area (Å²) in [5.41, 5.74) is 6.75. The standard InChI is InChI=1S/C8H14N4O2/c1-5-6(4-10-8(9)13)7(14-3)11-12(5)2/h4H2,1-3H3,(H3,9,10,13). The molecule has 0 spiro atoms. The van der Waals surface area contributed by atoms with E-state index in [1.807, 2.05) is 14.0 Å². The summed E-state index contributed by atoms with van der Waals surface area (Å²) in [6.07, 6.45) is 0. The van der Waals surface area contributed by atoms with Crippen molar-refractivity contribution in [2.24, 2.45) is 12.8 Å². The molecule has 6 heteroatoms. The molecule has 0 bridgehead atoms. The Morgan fingerprint density at radius 3 is 2.86 bits per heavy atom. The van der Waals surface area contributed by atoms with Crippen LogP contribution in [-0.4, -0.2) is 22.9 Å². The van der Waals surface area contributed by atoms with Crippen molar-refractivity contribution in [1.82, 2.24) is 15.1 Å². The molecule has 14 heavy (non-hydrogen) atoms. The second-order valence-electron chi connectivity index (χ2n) is 2.91. The minimum atomic E-state index is -0.560. The molecule has 0 aromatic carbocycles. The highest BCUT2D eigenvalue weighted by atomic mass is 16.5. The van der Waals surface area contributed by atoms with Gasteiger partial charge in [0.2, 0.25) is 5.88 Å². The first-order chi connectivity index (χ1) is 6.56. The Morgan fingerprint density at radius 2 is 2.36 bits per heavy atom. The van der Waals surface area contributed by atoms with Gasteiger partial charge in [0.25, 0.3) is 0 Å². The van der Waals surface area contributed by atoms with E-state index in [-0.39, 0.29) is 0 Å². The van der Waals surface area contributed by atoms with Crippen LogP contribution in [0.15, 0.2) is 0 Å². The number of hydrogen-bond acceptors (Lipinski definition) is 3. The lowest BCUT2D eigenvalue weighted by Crippen LogP contribution is -2.28. The number of hydrogen-bond donors (Lipinski definition) is 2. The van der Waals surface area contributed by atoms with E-state index < -0.39 is 6.03 Å². The van der Waals surface area contributed by atoms with E-state index >= 15 is 0 Å². The number of primary amides is 1. The van der Waals surface area contributed by atoms with Gasteiger partial charge in [-0.25, -0.2) is 4.79 Å². The van der Waals surface area contributed by atoms with E-state index in [9.17, 15) is 4.79 Å². The maximum Gasteiger partial charge on any atom is 0.312 e. The first-order valence-electron chi connectivity index (χ1n) is 4.16. The highest BCUT2D eigenvalue weighted by Crippen LogP contribution is 2.19. The first-order valence-corrected chi connectivity index (χ1v) is 4.16. The van der Waals surface area contributed by atoms with Gasteiger partial charge in [-0.1, -0.05) is 0 Å². The number of carbonyl (C=O) groups excluding carboxylic acids is 1. The summed E-state index contributed by atoms with van der Waals surface area (Å²) in [5, 5.41) is 6.61. The Balaban J connectivity index is 2.88. The molecule has 2 amide bonds. The van der Waals surface area contributed by atoms with Crippen LogP contribution in [-0.2, 0) is 13.6 Å². The molecule has 0 fully saturated rings. The molecule has 78 valence electrons. The van der Waals surface area contributed by atoms with E-state index in [1.165, 1.54) is 7.11 Å². The summed E-state index contributed by atoms with van der Waals surface area (Å²) in [6.45, 7) is 2.23. The normalized spacial score (nSPS) is 9.93. The lowest BCUT2D eigenvalue weighted by Gasteiger charge is -2.02. The average molecular weight is 198 g/mol. The number of nitrogens with one attached hydrogen (secondary N) is 1. The number of aromatic nitrogens is 2. The maximum absolute atomic E-state index is 10.5. The smallest absolute Gasteiger partial charge is 0.312 e. The van der Waals surface area contributed by atoms with Crippen molar-refractivity contribution in [2.45, 2.75) is 13.5 Å². The van der Waals surface area contributed by atoms with Crippen molar-refractivity contribution in [3.8, 4) is 5.88 Å². The third kappa shape index (κ3) is 1.95. The number of carbonyl (C=O) groups is 1. The van der Waals surface area contributed by atoms with Crippen LogP contribution in [0.4, 0.5) is 4.79 Å². The van der Waals surface area contributed by atoms with Crippen molar-refractivity contribution in [1.29, 1.82) is 0 Å². The van der Waals surface area contributed by atoms with E-state index in [0.717, 1.165) is 11.3 Å². The predicted octanol–water partition coefficient (Wildman–Crippen LogP) is -0.0946. The maximum atomic E-state index is 10.5. The van der Waals surface area contributed by atoms with Crippen LogP contribution in [0.2, 0.25) is 0 Å². The van der Waals surface area contributed by atoms with Crippen LogP contribution in [0.3, 0.4) is 0 Å². The van der Waals surface area contributed by atoms with Crippen LogP contribution in [0, 0.1) is 6.92 Å². The minimum Gasteiger partial charge on any atom is -0.480 e. The number of nitrogens with zero attached hydrogens (tertiary/aromatic N) is 2. The quantitative estimate of drug-likeness (QED) is 0.711. The molecule has 0 aliphatic rings. The largest absolute Gasteiger partial charge is 0.480 e. The zero-order valence-corrected chi connectivity index (χ0v) is 8.50. The van der Waals surface area contributed by atoms with Crippen molar-refractivity contribution in [3.05, 3.63) is 11.3 Å². The Kier molecular flexibility index (Phi) is 2.95. The molecule has 1 aromatic rings. The second kappa shape index (κ2) is 3.99. The number of methoxy groups -OCH3 is 1. The molecule has 0 radical (unpaired) electrons. The number of rotatable bonds is 3. The van der Waals surface area contributed by atoms with Crippen molar-refractivity contribution < 1.29 is 9.53 Å². The molecule has 0 aliphatic carbocycles. The van der Waals surface area contributed by atoms with Gasteiger partial charge >= 0.3 is 6.03 Å². The van der Waals surface area contributed by atoms with Crippen LogP contribution >= 0.6 is 0 Å². The number of nitrogens with two attached hydrogens (primary N) is 1. The molecule has 0 saturated carbocycles. The van der Waals surface area contributed by atoms with Crippen molar-refractivity contribution in [3.63, 3.8) is 0 Å². The molecular weight excluding hydrogens is 184 g/mol. The SMILES string of the molecule is COc1nn(C)c(C)c1CNC(N)=O. The van der Waals surface area contributed by atoms with Crippen LogP contribution < -0.4 is 15.8 Å². The van der Waals surface area contributed by atoms with Gasteiger partial charge in [-0.15, -0.1) is 5.10 Å². The Morgan fingerprint density at radius 1 is 1.71 bits per heavy atom. The van der Waals surface area contributed by atoms with Crippen LogP contribution in [0.25, 0.3) is 0 Å². The topological polar surface area (TPSA) is 82.2 Å². The molecule has 0 saturated heterocycles. The van der Waals surface area contributed by atoms with Crippen LogP contribution in [0.1, 0.15) is 11.3 Å². The molecule has 3 N–H and O–H groups in total. The summed E-state index contributed by atoms with van der Waals surface area (Å²) in [7, 11) is 3.35. The van der Waals surface area contributed by atoms with Gasteiger partial charge < -0.3 is 15.8 Å². The van der Waals surface area contributed by atoms with E-state index in [2.05, 4.69) is 10.4 Å². The molecule has 0 atom stereocenters. The molecule has 0 unspecified atom stereocenters. The fourth-order valence-corrected chi connectivity index (χ4v) is 1.16. The first kappa shape index (κ1) is 10.4. The summed E-state index contributed by atoms with van der Waals surface area (Å²) < 4.78 is 6.75. The van der Waals surface area contributed by atoms with Crippen LogP contribution in [0.5, 0.6) is 5.88 Å². The van der Waals surface area contributed by atoms with E-state index in [0.29, 0.717) is 12.4 Å². The number of aryl methyl sites for hydroxylation is 1. The minimum absolute atomic E-state index is 0.332. The monoisotopic (exact) mass is 198 g/mol. The molecule has 0 aliphatic heterocycles. The Bertz CT molecular complexity index is 345. The van der Waals surface area contributed by atoms with Gasteiger partial charge in [-0.3, -0.25) is 4.68 Å². The zero-order chi connectivity index (χ0) is 10.7. The van der Waals surface area contributed by atoms with Gasteiger partial charge in [0.1, 0.15) is 0 Å². The fourth-order valence-electron chi connectivity index (χ4n) is 1.16.